The van der Waals surface area contributed by atoms with E-state index < -0.39 is 5.97 Å². The smallest absolute Gasteiger partial charge is 0.349 e. The molecule has 0 amide bonds. The maximum atomic E-state index is 10.8. The van der Waals surface area contributed by atoms with Crippen molar-refractivity contribution in [3.05, 3.63) is 11.1 Å². The molecule has 1 fully saturated rings. The van der Waals surface area contributed by atoms with Gasteiger partial charge in [0.05, 0.1) is 25.1 Å². The van der Waals surface area contributed by atoms with Gasteiger partial charge in [0.15, 0.2) is 4.88 Å². The van der Waals surface area contributed by atoms with Crippen LogP contribution in [0.2, 0.25) is 0 Å². The molecule has 0 saturated carbocycles. The molecule has 5 nitrogen and oxygen atoms in total. The molecule has 1 saturated heterocycles. The number of rotatable bonds is 2. The Labute approximate surface area is 85.1 Å². The second kappa shape index (κ2) is 3.93. The fraction of sp³-hybridized carbons (Fsp3) is 0.500. The highest BCUT2D eigenvalue weighted by atomic mass is 32.1. The summed E-state index contributed by atoms with van der Waals surface area (Å²) in [5.41, 5.74) is 0.714. The third kappa shape index (κ3) is 1.71. The van der Waals surface area contributed by atoms with Gasteiger partial charge in [0, 0.05) is 13.1 Å². The standard InChI is InChI=1S/C8H10N2O3S/c11-8(12)7-6(5-9-14-7)10-1-3-13-4-2-10/h5H,1-4H2,(H,11,12). The van der Waals surface area contributed by atoms with Crippen molar-refractivity contribution >= 4 is 23.2 Å². The van der Waals surface area contributed by atoms with E-state index in [-0.39, 0.29) is 0 Å². The Balaban J connectivity index is 2.21. The molecule has 1 aliphatic heterocycles. The van der Waals surface area contributed by atoms with Gasteiger partial charge in [0.25, 0.3) is 0 Å². The molecular formula is C8H10N2O3S. The van der Waals surface area contributed by atoms with Crippen molar-refractivity contribution in [2.24, 2.45) is 0 Å². The summed E-state index contributed by atoms with van der Waals surface area (Å²) in [5, 5.41) is 8.90. The van der Waals surface area contributed by atoms with Crippen LogP contribution >= 0.6 is 11.5 Å². The lowest BCUT2D eigenvalue weighted by molar-refractivity contribution is 0.0701. The van der Waals surface area contributed by atoms with E-state index in [0.717, 1.165) is 24.6 Å². The van der Waals surface area contributed by atoms with Gasteiger partial charge in [-0.2, -0.15) is 4.37 Å². The first-order chi connectivity index (χ1) is 6.79. The molecule has 1 aromatic heterocycles. The maximum Gasteiger partial charge on any atom is 0.349 e. The van der Waals surface area contributed by atoms with Crippen LogP contribution in [0.3, 0.4) is 0 Å². The summed E-state index contributed by atoms with van der Waals surface area (Å²) in [5.74, 6) is -0.908. The zero-order valence-corrected chi connectivity index (χ0v) is 8.29. The summed E-state index contributed by atoms with van der Waals surface area (Å²) in [6.07, 6.45) is 1.61. The number of hydrogen-bond acceptors (Lipinski definition) is 5. The molecule has 1 aromatic rings. The Kier molecular flexibility index (Phi) is 2.64. The van der Waals surface area contributed by atoms with Gasteiger partial charge in [-0.1, -0.05) is 0 Å². The lowest BCUT2D eigenvalue weighted by Crippen LogP contribution is -2.36. The van der Waals surface area contributed by atoms with E-state index in [0.29, 0.717) is 23.8 Å². The average Bonchev–Trinajstić information content (AvgIpc) is 2.67. The van der Waals surface area contributed by atoms with Crippen LogP contribution in [0.5, 0.6) is 0 Å². The summed E-state index contributed by atoms with van der Waals surface area (Å²) < 4.78 is 9.09. The van der Waals surface area contributed by atoms with Crippen molar-refractivity contribution < 1.29 is 14.6 Å². The third-order valence-electron chi connectivity index (χ3n) is 2.10. The van der Waals surface area contributed by atoms with Crippen LogP contribution < -0.4 is 4.90 Å². The normalized spacial score (nSPS) is 17.0. The molecule has 76 valence electrons. The molecule has 2 rings (SSSR count). The number of morpholine rings is 1. The zero-order valence-electron chi connectivity index (χ0n) is 7.47. The molecule has 0 unspecified atom stereocenters. The Hall–Kier alpha value is -1.14. The van der Waals surface area contributed by atoms with Crippen molar-refractivity contribution in [3.8, 4) is 0 Å². The third-order valence-corrected chi connectivity index (χ3v) is 2.87. The topological polar surface area (TPSA) is 62.7 Å². The number of ether oxygens (including phenoxy) is 1. The van der Waals surface area contributed by atoms with Crippen LogP contribution in [-0.2, 0) is 4.74 Å². The fourth-order valence-electron chi connectivity index (χ4n) is 1.41. The van der Waals surface area contributed by atoms with Gasteiger partial charge >= 0.3 is 5.97 Å². The van der Waals surface area contributed by atoms with E-state index in [1.807, 2.05) is 4.90 Å². The van der Waals surface area contributed by atoms with Crippen LogP contribution in [0.15, 0.2) is 6.20 Å². The Morgan fingerprint density at radius 2 is 2.29 bits per heavy atom. The van der Waals surface area contributed by atoms with Crippen molar-refractivity contribution in [2.45, 2.75) is 0 Å². The monoisotopic (exact) mass is 214 g/mol. The van der Waals surface area contributed by atoms with Gasteiger partial charge in [-0.3, -0.25) is 0 Å². The highest BCUT2D eigenvalue weighted by molar-refractivity contribution is 7.08. The zero-order chi connectivity index (χ0) is 9.97. The largest absolute Gasteiger partial charge is 0.477 e. The lowest BCUT2D eigenvalue weighted by Gasteiger charge is -2.27. The van der Waals surface area contributed by atoms with E-state index >= 15 is 0 Å². The van der Waals surface area contributed by atoms with E-state index in [1.54, 1.807) is 6.20 Å². The van der Waals surface area contributed by atoms with E-state index in [2.05, 4.69) is 4.37 Å². The molecule has 1 aliphatic rings. The Morgan fingerprint density at radius 1 is 1.57 bits per heavy atom. The molecule has 0 spiro atoms. The number of anilines is 1. The SMILES string of the molecule is O=C(O)c1sncc1N1CCOCC1. The second-order valence-electron chi connectivity index (χ2n) is 2.94. The number of hydrogen-bond donors (Lipinski definition) is 1. The van der Waals surface area contributed by atoms with Gasteiger partial charge in [-0.05, 0) is 11.5 Å². The molecule has 2 heterocycles. The molecular weight excluding hydrogens is 204 g/mol. The average molecular weight is 214 g/mol. The van der Waals surface area contributed by atoms with Crippen LogP contribution in [0, 0.1) is 0 Å². The van der Waals surface area contributed by atoms with Gasteiger partial charge in [0.1, 0.15) is 0 Å². The van der Waals surface area contributed by atoms with Crippen LogP contribution in [0.4, 0.5) is 5.69 Å². The minimum absolute atomic E-state index is 0.312. The van der Waals surface area contributed by atoms with Crippen LogP contribution in [0.1, 0.15) is 9.67 Å². The highest BCUT2D eigenvalue weighted by Crippen LogP contribution is 2.24. The second-order valence-corrected chi connectivity index (χ2v) is 3.75. The van der Waals surface area contributed by atoms with Crippen molar-refractivity contribution in [1.82, 2.24) is 4.37 Å². The van der Waals surface area contributed by atoms with E-state index in [9.17, 15) is 4.79 Å². The van der Waals surface area contributed by atoms with Gasteiger partial charge in [-0.25, -0.2) is 4.79 Å². The van der Waals surface area contributed by atoms with Crippen molar-refractivity contribution in [2.75, 3.05) is 31.2 Å². The number of carboxylic acid groups (broad SMARTS) is 1. The fourth-order valence-corrected chi connectivity index (χ4v) is 2.02. The predicted molar refractivity (Wildman–Crippen MR) is 52.1 cm³/mol. The van der Waals surface area contributed by atoms with Gasteiger partial charge in [0.2, 0.25) is 0 Å². The molecule has 0 radical (unpaired) electrons. The molecule has 0 bridgehead atoms. The molecule has 14 heavy (non-hydrogen) atoms. The van der Waals surface area contributed by atoms with E-state index in [1.165, 1.54) is 0 Å². The van der Waals surface area contributed by atoms with Gasteiger partial charge < -0.3 is 14.7 Å². The number of nitrogens with zero attached hydrogens (tertiary/aromatic N) is 2. The summed E-state index contributed by atoms with van der Waals surface area (Å²) in [6.45, 7) is 2.77. The van der Waals surface area contributed by atoms with Crippen molar-refractivity contribution in [3.63, 3.8) is 0 Å². The molecule has 0 aliphatic carbocycles. The number of carbonyl (C=O) groups is 1. The van der Waals surface area contributed by atoms with Crippen molar-refractivity contribution in [1.29, 1.82) is 0 Å². The summed E-state index contributed by atoms with van der Waals surface area (Å²) in [4.78, 5) is 13.1. The minimum atomic E-state index is -0.908. The molecule has 0 atom stereocenters. The first kappa shape index (κ1) is 9.42. The van der Waals surface area contributed by atoms with Gasteiger partial charge in [-0.15, -0.1) is 0 Å². The first-order valence-corrected chi connectivity index (χ1v) is 5.07. The quantitative estimate of drug-likeness (QED) is 0.784. The molecule has 6 heteroatoms. The minimum Gasteiger partial charge on any atom is -0.477 e. The van der Waals surface area contributed by atoms with E-state index in [4.69, 9.17) is 9.84 Å². The summed E-state index contributed by atoms with van der Waals surface area (Å²) in [7, 11) is 0. The lowest BCUT2D eigenvalue weighted by atomic mass is 10.3. The summed E-state index contributed by atoms with van der Waals surface area (Å²) >= 11 is 1.02. The molecule has 1 N–H and O–H groups in total. The Morgan fingerprint density at radius 3 is 2.93 bits per heavy atom. The summed E-state index contributed by atoms with van der Waals surface area (Å²) in [6, 6.07) is 0. The number of aromatic nitrogens is 1. The molecule has 0 aromatic carbocycles. The predicted octanol–water partition coefficient (Wildman–Crippen LogP) is 0.678. The maximum absolute atomic E-state index is 10.8. The Bertz CT molecular complexity index is 333. The van der Waals surface area contributed by atoms with Crippen LogP contribution in [0.25, 0.3) is 0 Å². The number of carboxylic acids is 1. The highest BCUT2D eigenvalue weighted by Gasteiger charge is 2.20. The number of aromatic carboxylic acids is 1. The first-order valence-electron chi connectivity index (χ1n) is 4.29. The van der Waals surface area contributed by atoms with Crippen LogP contribution in [-0.4, -0.2) is 41.8 Å².